The maximum Gasteiger partial charge on any atom is 0.181 e. The summed E-state index contributed by atoms with van der Waals surface area (Å²) in [4.78, 5) is 9.07. The molecule has 0 aromatic heterocycles. The number of aliphatic imine (C=N–C) groups is 1. The van der Waals surface area contributed by atoms with E-state index in [0.29, 0.717) is 28.8 Å². The van der Waals surface area contributed by atoms with Crippen LogP contribution < -0.4 is 15.0 Å². The van der Waals surface area contributed by atoms with Crippen molar-refractivity contribution in [2.75, 3.05) is 19.8 Å². The Kier molecular flexibility index (Phi) is 8.07. The average Bonchev–Trinajstić information content (AvgIpc) is 2.51. The molecular weight excluding hydrogens is 304 g/mol. The zero-order valence-electron chi connectivity index (χ0n) is 11.8. The van der Waals surface area contributed by atoms with Gasteiger partial charge in [-0.3, -0.25) is 10.3 Å². The van der Waals surface area contributed by atoms with Crippen molar-refractivity contribution >= 4 is 23.6 Å². The first-order chi connectivity index (χ1) is 10.7. The van der Waals surface area contributed by atoms with Crippen molar-refractivity contribution in [2.45, 2.75) is 0 Å². The number of hydroxylamine groups is 1. The van der Waals surface area contributed by atoms with Crippen molar-refractivity contribution in [3.63, 3.8) is 0 Å². The van der Waals surface area contributed by atoms with Gasteiger partial charge in [0.1, 0.15) is 19.6 Å². The fourth-order valence-electron chi connectivity index (χ4n) is 1.35. The molecule has 6 heteroatoms. The summed E-state index contributed by atoms with van der Waals surface area (Å²) in [6.45, 7) is 3.99. The molecule has 1 N–H and O–H groups in total. The molecule has 1 aromatic rings. The van der Waals surface area contributed by atoms with Gasteiger partial charge < -0.3 is 9.47 Å². The molecule has 0 aliphatic heterocycles. The molecule has 1 aromatic carbocycles. The number of halogens is 1. The van der Waals surface area contributed by atoms with Gasteiger partial charge in [0.2, 0.25) is 0 Å². The fourth-order valence-corrected chi connectivity index (χ4v) is 1.61. The highest BCUT2D eigenvalue weighted by Crippen LogP contribution is 2.39. The third-order valence-corrected chi connectivity index (χ3v) is 2.44. The van der Waals surface area contributed by atoms with Gasteiger partial charge in [-0.25, -0.2) is 4.99 Å². The fraction of sp³-hybridized carbons (Fsp3) is 0.188. The first-order valence-electron chi connectivity index (χ1n) is 6.19. The summed E-state index contributed by atoms with van der Waals surface area (Å²) in [5, 5.41) is 0.309. The summed E-state index contributed by atoms with van der Waals surface area (Å²) in [5.41, 5.74) is 3.06. The molecule has 0 fully saturated rings. The van der Waals surface area contributed by atoms with Crippen LogP contribution in [0.1, 0.15) is 0 Å². The van der Waals surface area contributed by atoms with Crippen molar-refractivity contribution in [3.8, 4) is 36.2 Å². The minimum atomic E-state index is 0.0612. The van der Waals surface area contributed by atoms with Crippen LogP contribution in [0.25, 0.3) is 0 Å². The van der Waals surface area contributed by atoms with E-state index in [4.69, 9.17) is 38.8 Å². The Morgan fingerprint density at radius 2 is 2.00 bits per heavy atom. The maximum atomic E-state index is 6.15. The van der Waals surface area contributed by atoms with E-state index in [1.165, 1.54) is 6.34 Å². The second kappa shape index (κ2) is 10.2. The van der Waals surface area contributed by atoms with Crippen LogP contribution >= 0.6 is 11.6 Å². The monoisotopic (exact) mass is 318 g/mol. The molecule has 0 aliphatic rings. The molecule has 0 radical (unpaired) electrons. The van der Waals surface area contributed by atoms with Crippen LogP contribution in [0.2, 0.25) is 5.02 Å². The van der Waals surface area contributed by atoms with Crippen LogP contribution in [0.5, 0.6) is 11.5 Å². The Labute approximate surface area is 134 Å². The van der Waals surface area contributed by atoms with E-state index in [1.54, 1.807) is 18.2 Å². The molecule has 22 heavy (non-hydrogen) atoms. The van der Waals surface area contributed by atoms with Gasteiger partial charge in [0.25, 0.3) is 0 Å². The molecule has 0 heterocycles. The minimum Gasteiger partial charge on any atom is -0.477 e. The lowest BCUT2D eigenvalue weighted by Gasteiger charge is -2.12. The van der Waals surface area contributed by atoms with Gasteiger partial charge in [-0.1, -0.05) is 29.5 Å². The van der Waals surface area contributed by atoms with E-state index in [1.807, 2.05) is 0 Å². The molecular formula is C16H15ClN2O3. The number of benzene rings is 1. The highest BCUT2D eigenvalue weighted by Gasteiger charge is 2.12. The summed E-state index contributed by atoms with van der Waals surface area (Å²) < 4.78 is 10.8. The van der Waals surface area contributed by atoms with E-state index < -0.39 is 0 Å². The molecule has 0 saturated carbocycles. The van der Waals surface area contributed by atoms with E-state index in [0.717, 1.165) is 0 Å². The summed E-state index contributed by atoms with van der Waals surface area (Å²) in [6.07, 6.45) is 13.3. The second-order valence-electron chi connectivity index (χ2n) is 3.72. The third kappa shape index (κ3) is 5.80. The van der Waals surface area contributed by atoms with E-state index in [2.05, 4.69) is 28.9 Å². The Bertz CT molecular complexity index is 615. The van der Waals surface area contributed by atoms with Gasteiger partial charge in [-0.2, -0.15) is 0 Å². The number of rotatable bonds is 9. The number of hydrogen-bond acceptors (Lipinski definition) is 4. The predicted octanol–water partition coefficient (Wildman–Crippen LogP) is 2.73. The van der Waals surface area contributed by atoms with Gasteiger partial charge in [0.15, 0.2) is 11.5 Å². The Balaban J connectivity index is 2.91. The molecule has 0 spiro atoms. The molecule has 0 atom stereocenters. The second-order valence-corrected chi connectivity index (χ2v) is 4.12. The van der Waals surface area contributed by atoms with Gasteiger partial charge in [-0.05, 0) is 6.07 Å². The van der Waals surface area contributed by atoms with E-state index in [9.17, 15) is 0 Å². The van der Waals surface area contributed by atoms with E-state index >= 15 is 0 Å². The molecule has 0 aliphatic carbocycles. The Morgan fingerprint density at radius 3 is 2.68 bits per heavy atom. The first kappa shape index (κ1) is 17.5. The molecule has 1 rings (SSSR count). The standard InChI is InChI=1S/C16H15ClN2O3/c1-4-7-20-15-11-13(18-12-19-22-9-6-3)10-14(17)16(15)21-8-5-2/h1-2,6,10-12H,3,7-9H2,(H,18,19). The summed E-state index contributed by atoms with van der Waals surface area (Å²) in [5.74, 6) is 5.40. The van der Waals surface area contributed by atoms with Gasteiger partial charge in [-0.15, -0.1) is 19.4 Å². The van der Waals surface area contributed by atoms with Crippen LogP contribution in [-0.2, 0) is 4.84 Å². The van der Waals surface area contributed by atoms with Crippen LogP contribution in [0.15, 0.2) is 29.8 Å². The SMILES string of the molecule is C#CCOc1cc(N=CNOCC=C)cc(Cl)c1OCC#C. The number of nitrogens with one attached hydrogen (secondary N) is 1. The topological polar surface area (TPSA) is 52.1 Å². The number of terminal acetylenes is 2. The molecule has 0 unspecified atom stereocenters. The highest BCUT2D eigenvalue weighted by molar-refractivity contribution is 6.32. The Morgan fingerprint density at radius 1 is 1.27 bits per heavy atom. The van der Waals surface area contributed by atoms with Crippen LogP contribution in [0, 0.1) is 24.7 Å². The largest absolute Gasteiger partial charge is 0.477 e. The zero-order chi connectivity index (χ0) is 16.2. The summed E-state index contributed by atoms with van der Waals surface area (Å²) in [6, 6.07) is 3.22. The van der Waals surface area contributed by atoms with Crippen molar-refractivity contribution in [1.82, 2.24) is 5.48 Å². The molecule has 0 saturated heterocycles. The van der Waals surface area contributed by atoms with Gasteiger partial charge in [0.05, 0.1) is 17.3 Å². The highest BCUT2D eigenvalue weighted by atomic mass is 35.5. The van der Waals surface area contributed by atoms with Crippen molar-refractivity contribution in [3.05, 3.63) is 29.8 Å². The van der Waals surface area contributed by atoms with Crippen molar-refractivity contribution in [1.29, 1.82) is 0 Å². The average molecular weight is 319 g/mol. The van der Waals surface area contributed by atoms with Crippen LogP contribution in [-0.4, -0.2) is 26.2 Å². The molecule has 114 valence electrons. The smallest absolute Gasteiger partial charge is 0.181 e. The van der Waals surface area contributed by atoms with Crippen LogP contribution in [0.4, 0.5) is 5.69 Å². The quantitative estimate of drug-likeness (QED) is 0.190. The number of hydrogen-bond donors (Lipinski definition) is 1. The molecule has 0 bridgehead atoms. The Hall–Kier alpha value is -2.60. The number of ether oxygens (including phenoxy) is 2. The zero-order valence-corrected chi connectivity index (χ0v) is 12.6. The van der Waals surface area contributed by atoms with Gasteiger partial charge >= 0.3 is 0 Å². The minimum absolute atomic E-state index is 0.0612. The predicted molar refractivity (Wildman–Crippen MR) is 87.5 cm³/mol. The normalized spacial score (nSPS) is 9.77. The maximum absolute atomic E-state index is 6.15. The van der Waals surface area contributed by atoms with Gasteiger partial charge in [0, 0.05) is 6.07 Å². The van der Waals surface area contributed by atoms with Crippen molar-refractivity contribution < 1.29 is 14.3 Å². The number of nitrogens with zero attached hydrogens (tertiary/aromatic N) is 1. The summed E-state index contributed by atoms with van der Waals surface area (Å²) in [7, 11) is 0. The van der Waals surface area contributed by atoms with E-state index in [-0.39, 0.29) is 13.2 Å². The van der Waals surface area contributed by atoms with Crippen LogP contribution in [0.3, 0.4) is 0 Å². The lowest BCUT2D eigenvalue weighted by atomic mass is 10.2. The molecule has 0 amide bonds. The first-order valence-corrected chi connectivity index (χ1v) is 6.57. The van der Waals surface area contributed by atoms with Crippen molar-refractivity contribution in [2.24, 2.45) is 4.99 Å². The lowest BCUT2D eigenvalue weighted by molar-refractivity contribution is 0.114. The summed E-state index contributed by atoms with van der Waals surface area (Å²) >= 11 is 6.15. The molecule has 5 nitrogen and oxygen atoms in total. The third-order valence-electron chi connectivity index (χ3n) is 2.16. The lowest BCUT2D eigenvalue weighted by Crippen LogP contribution is -2.11.